The van der Waals surface area contributed by atoms with Crippen molar-refractivity contribution in [2.45, 2.75) is 5.54 Å². The van der Waals surface area contributed by atoms with Gasteiger partial charge in [0.25, 0.3) is 0 Å². The van der Waals surface area contributed by atoms with Gasteiger partial charge < -0.3 is 9.47 Å². The van der Waals surface area contributed by atoms with Gasteiger partial charge >= 0.3 is 0 Å². The summed E-state index contributed by atoms with van der Waals surface area (Å²) in [7, 11) is 3.34. The van der Waals surface area contributed by atoms with E-state index in [1.807, 2.05) is 53.2 Å². The Labute approximate surface area is 164 Å². The minimum absolute atomic E-state index is 0.710. The largest absolute Gasteiger partial charge is 0.497 e. The zero-order chi connectivity index (χ0) is 19.4. The fraction of sp³-hybridized carbons (Fsp3) is 0.130. The van der Waals surface area contributed by atoms with Crippen LogP contribution in [0.1, 0.15) is 16.7 Å². The summed E-state index contributed by atoms with van der Waals surface area (Å²) in [6.07, 6.45) is 3.30. The molecule has 140 valence electrons. The Morgan fingerprint density at radius 1 is 0.714 bits per heavy atom. The lowest BCUT2D eigenvalue weighted by Crippen LogP contribution is -2.38. The second-order valence-corrected chi connectivity index (χ2v) is 6.38. The van der Waals surface area contributed by atoms with Gasteiger partial charge in [-0.25, -0.2) is 9.67 Å². The van der Waals surface area contributed by atoms with Gasteiger partial charge in [0.15, 0.2) is 0 Å². The lowest BCUT2D eigenvalue weighted by Gasteiger charge is -2.36. The van der Waals surface area contributed by atoms with Crippen LogP contribution < -0.4 is 9.47 Å². The van der Waals surface area contributed by atoms with Gasteiger partial charge in [-0.15, -0.1) is 0 Å². The summed E-state index contributed by atoms with van der Waals surface area (Å²) >= 11 is 0. The molecule has 0 aliphatic carbocycles. The highest BCUT2D eigenvalue weighted by molar-refractivity contribution is 5.52. The predicted octanol–water partition coefficient (Wildman–Crippen LogP) is 4.14. The van der Waals surface area contributed by atoms with Crippen LogP contribution in [0.25, 0.3) is 0 Å². The van der Waals surface area contributed by atoms with Crippen LogP contribution in [0.2, 0.25) is 0 Å². The number of ether oxygens (including phenoxy) is 2. The molecule has 4 aromatic rings. The van der Waals surface area contributed by atoms with Crippen LogP contribution >= 0.6 is 0 Å². The molecular formula is C23H21N3O2. The molecule has 1 aromatic heterocycles. The van der Waals surface area contributed by atoms with Gasteiger partial charge in [0.05, 0.1) is 14.2 Å². The maximum absolute atomic E-state index is 5.51. The Bertz CT molecular complexity index is 1030. The van der Waals surface area contributed by atoms with Crippen LogP contribution in [0.3, 0.4) is 0 Å². The summed E-state index contributed by atoms with van der Waals surface area (Å²) in [5.41, 5.74) is 2.42. The SMILES string of the molecule is COc1ccc(C(c2ccccc2)(c2cccc(OC)c2)n2cncn2)cc1. The van der Waals surface area contributed by atoms with E-state index >= 15 is 0 Å². The van der Waals surface area contributed by atoms with Crippen molar-refractivity contribution < 1.29 is 9.47 Å². The lowest BCUT2D eigenvalue weighted by molar-refractivity contribution is 0.407. The minimum Gasteiger partial charge on any atom is -0.497 e. The first-order valence-electron chi connectivity index (χ1n) is 8.98. The number of methoxy groups -OCH3 is 2. The predicted molar refractivity (Wildman–Crippen MR) is 108 cm³/mol. The maximum atomic E-state index is 5.51. The van der Waals surface area contributed by atoms with Crippen molar-refractivity contribution in [2.75, 3.05) is 14.2 Å². The van der Waals surface area contributed by atoms with Gasteiger partial charge in [-0.2, -0.15) is 5.10 Å². The lowest BCUT2D eigenvalue weighted by atomic mass is 9.77. The summed E-state index contributed by atoms with van der Waals surface area (Å²) in [4.78, 5) is 4.24. The molecule has 1 heterocycles. The molecule has 28 heavy (non-hydrogen) atoms. The smallest absolute Gasteiger partial charge is 0.139 e. The molecule has 5 heteroatoms. The van der Waals surface area contributed by atoms with E-state index < -0.39 is 5.54 Å². The highest BCUT2D eigenvalue weighted by Crippen LogP contribution is 2.41. The van der Waals surface area contributed by atoms with Gasteiger partial charge in [0.1, 0.15) is 29.7 Å². The van der Waals surface area contributed by atoms with E-state index in [1.54, 1.807) is 26.9 Å². The Balaban J connectivity index is 2.08. The molecule has 1 unspecified atom stereocenters. The van der Waals surface area contributed by atoms with Gasteiger partial charge in [-0.1, -0.05) is 54.6 Å². The molecule has 0 aliphatic rings. The average Bonchev–Trinajstić information content (AvgIpc) is 3.31. The third kappa shape index (κ3) is 2.91. The number of hydrogen-bond donors (Lipinski definition) is 0. The van der Waals surface area contributed by atoms with E-state index in [0.717, 1.165) is 28.2 Å². The molecule has 0 fully saturated rings. The Morgan fingerprint density at radius 3 is 2.04 bits per heavy atom. The Kier molecular flexibility index (Phi) is 4.81. The van der Waals surface area contributed by atoms with Crippen molar-refractivity contribution in [2.24, 2.45) is 0 Å². The van der Waals surface area contributed by atoms with E-state index in [4.69, 9.17) is 9.47 Å². The number of benzene rings is 3. The Hall–Kier alpha value is -3.60. The highest BCUT2D eigenvalue weighted by Gasteiger charge is 2.39. The summed E-state index contributed by atoms with van der Waals surface area (Å²) in [5.74, 6) is 1.58. The van der Waals surface area contributed by atoms with E-state index in [-0.39, 0.29) is 0 Å². The second-order valence-electron chi connectivity index (χ2n) is 6.38. The van der Waals surface area contributed by atoms with Crippen LogP contribution in [-0.4, -0.2) is 29.0 Å². The molecule has 3 aromatic carbocycles. The third-order valence-electron chi connectivity index (χ3n) is 4.95. The normalized spacial score (nSPS) is 12.9. The van der Waals surface area contributed by atoms with Crippen molar-refractivity contribution in [3.8, 4) is 11.5 Å². The molecule has 0 N–H and O–H groups in total. The molecule has 4 rings (SSSR count). The zero-order valence-corrected chi connectivity index (χ0v) is 15.8. The molecule has 0 spiro atoms. The van der Waals surface area contributed by atoms with Crippen molar-refractivity contribution in [3.63, 3.8) is 0 Å². The van der Waals surface area contributed by atoms with Gasteiger partial charge in [0, 0.05) is 0 Å². The summed E-state index contributed by atoms with van der Waals surface area (Å²) in [6.45, 7) is 0. The monoisotopic (exact) mass is 371 g/mol. The average molecular weight is 371 g/mol. The third-order valence-corrected chi connectivity index (χ3v) is 4.95. The highest BCUT2D eigenvalue weighted by atomic mass is 16.5. The zero-order valence-electron chi connectivity index (χ0n) is 15.8. The quantitative estimate of drug-likeness (QED) is 0.478. The van der Waals surface area contributed by atoms with E-state index in [0.29, 0.717) is 0 Å². The second kappa shape index (κ2) is 7.56. The van der Waals surface area contributed by atoms with Crippen LogP contribution in [0, 0.1) is 0 Å². The molecular weight excluding hydrogens is 350 g/mol. The number of rotatable bonds is 6. The van der Waals surface area contributed by atoms with Crippen LogP contribution in [0.4, 0.5) is 0 Å². The number of nitrogens with zero attached hydrogens (tertiary/aromatic N) is 3. The maximum Gasteiger partial charge on any atom is 0.139 e. The molecule has 1 atom stereocenters. The summed E-state index contributed by atoms with van der Waals surface area (Å²) in [5, 5.41) is 4.55. The van der Waals surface area contributed by atoms with Crippen LogP contribution in [-0.2, 0) is 5.54 Å². The molecule has 0 bridgehead atoms. The van der Waals surface area contributed by atoms with Crippen LogP contribution in [0.15, 0.2) is 91.5 Å². The first kappa shape index (κ1) is 17.8. The van der Waals surface area contributed by atoms with Gasteiger partial charge in [0.2, 0.25) is 0 Å². The molecule has 0 saturated heterocycles. The molecule has 0 radical (unpaired) electrons. The molecule has 0 saturated carbocycles. The molecule has 0 amide bonds. The van der Waals surface area contributed by atoms with Crippen molar-refractivity contribution in [1.29, 1.82) is 0 Å². The first-order valence-corrected chi connectivity index (χ1v) is 8.98. The standard InChI is InChI=1S/C23H21N3O2/c1-27-21-13-11-19(12-14-21)23(26-17-24-16-25-26,18-7-4-3-5-8-18)20-9-6-10-22(15-20)28-2/h3-17H,1-2H3. The number of hydrogen-bond acceptors (Lipinski definition) is 4. The molecule has 0 aliphatic heterocycles. The minimum atomic E-state index is -0.710. The summed E-state index contributed by atoms with van der Waals surface area (Å²) < 4.78 is 12.8. The number of aromatic nitrogens is 3. The first-order chi connectivity index (χ1) is 13.8. The fourth-order valence-electron chi connectivity index (χ4n) is 3.64. The van der Waals surface area contributed by atoms with Gasteiger partial charge in [-0.05, 0) is 41.0 Å². The van der Waals surface area contributed by atoms with Gasteiger partial charge in [-0.3, -0.25) is 0 Å². The topological polar surface area (TPSA) is 49.2 Å². The summed E-state index contributed by atoms with van der Waals surface area (Å²) in [6, 6.07) is 26.4. The Morgan fingerprint density at radius 2 is 1.39 bits per heavy atom. The van der Waals surface area contributed by atoms with Crippen LogP contribution in [0.5, 0.6) is 11.5 Å². The van der Waals surface area contributed by atoms with Crippen molar-refractivity contribution in [3.05, 3.63) is 108 Å². The van der Waals surface area contributed by atoms with E-state index in [1.165, 1.54) is 0 Å². The van der Waals surface area contributed by atoms with E-state index in [2.05, 4.69) is 40.4 Å². The fourth-order valence-corrected chi connectivity index (χ4v) is 3.64. The molecule has 5 nitrogen and oxygen atoms in total. The van der Waals surface area contributed by atoms with Crippen molar-refractivity contribution >= 4 is 0 Å². The van der Waals surface area contributed by atoms with E-state index in [9.17, 15) is 0 Å². The van der Waals surface area contributed by atoms with Crippen molar-refractivity contribution in [1.82, 2.24) is 14.8 Å².